The van der Waals surface area contributed by atoms with Crippen LogP contribution in [0.25, 0.3) is 0 Å². The Kier molecular flexibility index (Phi) is 4.59. The first kappa shape index (κ1) is 14.1. The van der Waals surface area contributed by atoms with Gasteiger partial charge in [-0.05, 0) is 12.0 Å². The summed E-state index contributed by atoms with van der Waals surface area (Å²) in [6.45, 7) is 4.04. The van der Waals surface area contributed by atoms with Crippen molar-refractivity contribution in [3.8, 4) is 0 Å². The Labute approximate surface area is 114 Å². The van der Waals surface area contributed by atoms with Crippen LogP contribution in [-0.4, -0.2) is 11.8 Å². The first-order valence-electron chi connectivity index (χ1n) is 7.10. The van der Waals surface area contributed by atoms with E-state index < -0.39 is 11.9 Å². The van der Waals surface area contributed by atoms with E-state index in [0.29, 0.717) is 0 Å². The fraction of sp³-hybridized carbons (Fsp3) is 0.562. The topological polar surface area (TPSA) is 35.5 Å². The van der Waals surface area contributed by atoms with Gasteiger partial charge in [0.15, 0.2) is 6.10 Å². The van der Waals surface area contributed by atoms with Crippen LogP contribution in [0.5, 0.6) is 0 Å². The minimum Gasteiger partial charge on any atom is -0.431 e. The van der Waals surface area contributed by atoms with E-state index in [0.717, 1.165) is 24.8 Å². The highest BCUT2D eigenvalue weighted by molar-refractivity contribution is 5.78. The SMILES string of the molecule is CCCCCC[C@]1(C)OC(=O)C(c2ccccc2)O1. The number of benzene rings is 1. The number of esters is 1. The van der Waals surface area contributed by atoms with E-state index in [1.54, 1.807) is 0 Å². The zero-order chi connectivity index (χ0) is 13.7. The quantitative estimate of drug-likeness (QED) is 0.574. The van der Waals surface area contributed by atoms with Gasteiger partial charge in [-0.15, -0.1) is 0 Å². The number of hydrogen-bond acceptors (Lipinski definition) is 3. The summed E-state index contributed by atoms with van der Waals surface area (Å²) in [5.41, 5.74) is 0.866. The average Bonchev–Trinajstić information content (AvgIpc) is 2.72. The number of unbranched alkanes of at least 4 members (excludes halogenated alkanes) is 3. The number of hydrogen-bond donors (Lipinski definition) is 0. The summed E-state index contributed by atoms with van der Waals surface area (Å²) in [6, 6.07) is 9.53. The Morgan fingerprint density at radius 1 is 1.16 bits per heavy atom. The van der Waals surface area contributed by atoms with Crippen LogP contribution in [0.4, 0.5) is 0 Å². The lowest BCUT2D eigenvalue weighted by atomic mass is 10.1. The molecule has 0 spiro atoms. The molecule has 1 saturated heterocycles. The van der Waals surface area contributed by atoms with Crippen LogP contribution in [0.3, 0.4) is 0 Å². The van der Waals surface area contributed by atoms with Gasteiger partial charge in [0.2, 0.25) is 5.79 Å². The first-order chi connectivity index (χ1) is 9.14. The van der Waals surface area contributed by atoms with Crippen molar-refractivity contribution in [2.75, 3.05) is 0 Å². The van der Waals surface area contributed by atoms with Gasteiger partial charge < -0.3 is 9.47 Å². The van der Waals surface area contributed by atoms with E-state index in [1.807, 2.05) is 37.3 Å². The second kappa shape index (κ2) is 6.20. The van der Waals surface area contributed by atoms with Gasteiger partial charge in [-0.2, -0.15) is 0 Å². The van der Waals surface area contributed by atoms with Crippen LogP contribution in [-0.2, 0) is 14.3 Å². The van der Waals surface area contributed by atoms with Crippen molar-refractivity contribution in [1.29, 1.82) is 0 Å². The molecule has 0 N–H and O–H groups in total. The van der Waals surface area contributed by atoms with Gasteiger partial charge in [-0.25, -0.2) is 4.79 Å². The molecule has 0 amide bonds. The third-order valence-corrected chi connectivity index (χ3v) is 3.48. The van der Waals surface area contributed by atoms with E-state index in [4.69, 9.17) is 9.47 Å². The molecule has 1 heterocycles. The molecule has 19 heavy (non-hydrogen) atoms. The van der Waals surface area contributed by atoms with Crippen LogP contribution in [0.2, 0.25) is 0 Å². The van der Waals surface area contributed by atoms with E-state index in [9.17, 15) is 4.79 Å². The highest BCUT2D eigenvalue weighted by atomic mass is 16.8. The lowest BCUT2D eigenvalue weighted by Gasteiger charge is -2.21. The third kappa shape index (κ3) is 3.57. The minimum atomic E-state index is -0.759. The fourth-order valence-corrected chi connectivity index (χ4v) is 2.40. The van der Waals surface area contributed by atoms with E-state index in [1.165, 1.54) is 12.8 Å². The van der Waals surface area contributed by atoms with Gasteiger partial charge in [0.1, 0.15) is 0 Å². The standard InChI is InChI=1S/C16H22O3/c1-3-4-5-9-12-16(2)18-14(15(17)19-16)13-10-7-6-8-11-13/h6-8,10-11,14H,3-5,9,12H2,1-2H3/t14?,16-/m0/s1. The van der Waals surface area contributed by atoms with Crippen molar-refractivity contribution in [1.82, 2.24) is 0 Å². The average molecular weight is 262 g/mol. The summed E-state index contributed by atoms with van der Waals surface area (Å²) in [6.07, 6.45) is 4.79. The van der Waals surface area contributed by atoms with Gasteiger partial charge in [-0.3, -0.25) is 0 Å². The summed E-state index contributed by atoms with van der Waals surface area (Å²) in [7, 11) is 0. The maximum atomic E-state index is 11.9. The van der Waals surface area contributed by atoms with E-state index >= 15 is 0 Å². The fourth-order valence-electron chi connectivity index (χ4n) is 2.40. The Hall–Kier alpha value is -1.35. The summed E-state index contributed by atoms with van der Waals surface area (Å²) in [4.78, 5) is 11.9. The molecular formula is C16H22O3. The molecule has 1 fully saturated rings. The molecular weight excluding hydrogens is 240 g/mol. The van der Waals surface area contributed by atoms with Gasteiger partial charge in [-0.1, -0.05) is 56.5 Å². The monoisotopic (exact) mass is 262 g/mol. The Bertz CT molecular complexity index is 415. The van der Waals surface area contributed by atoms with Crippen LogP contribution in [0, 0.1) is 0 Å². The van der Waals surface area contributed by atoms with Crippen LogP contribution in [0.1, 0.15) is 57.6 Å². The summed E-state index contributed by atoms with van der Waals surface area (Å²) in [5, 5.41) is 0. The number of rotatable bonds is 6. The largest absolute Gasteiger partial charge is 0.431 e. The van der Waals surface area contributed by atoms with Crippen molar-refractivity contribution < 1.29 is 14.3 Å². The molecule has 3 nitrogen and oxygen atoms in total. The van der Waals surface area contributed by atoms with Gasteiger partial charge in [0, 0.05) is 13.3 Å². The molecule has 1 aromatic carbocycles. The maximum absolute atomic E-state index is 11.9. The van der Waals surface area contributed by atoms with Crippen molar-refractivity contribution in [3.05, 3.63) is 35.9 Å². The van der Waals surface area contributed by atoms with Crippen LogP contribution >= 0.6 is 0 Å². The van der Waals surface area contributed by atoms with Crippen molar-refractivity contribution in [2.45, 2.75) is 57.8 Å². The van der Waals surface area contributed by atoms with Crippen molar-refractivity contribution in [2.24, 2.45) is 0 Å². The molecule has 0 radical (unpaired) electrons. The summed E-state index contributed by atoms with van der Waals surface area (Å²) in [5.74, 6) is -1.03. The molecule has 0 aliphatic carbocycles. The second-order valence-corrected chi connectivity index (χ2v) is 5.27. The van der Waals surface area contributed by atoms with E-state index in [2.05, 4.69) is 6.92 Å². The van der Waals surface area contributed by atoms with E-state index in [-0.39, 0.29) is 5.97 Å². The van der Waals surface area contributed by atoms with Gasteiger partial charge >= 0.3 is 5.97 Å². The maximum Gasteiger partial charge on any atom is 0.342 e. The van der Waals surface area contributed by atoms with Crippen molar-refractivity contribution in [3.63, 3.8) is 0 Å². The summed E-state index contributed by atoms with van der Waals surface area (Å²) >= 11 is 0. The molecule has 2 atom stereocenters. The highest BCUT2D eigenvalue weighted by Gasteiger charge is 2.44. The zero-order valence-electron chi connectivity index (χ0n) is 11.7. The molecule has 3 heteroatoms. The van der Waals surface area contributed by atoms with Crippen molar-refractivity contribution >= 4 is 5.97 Å². The molecule has 0 bridgehead atoms. The Morgan fingerprint density at radius 3 is 2.58 bits per heavy atom. The highest BCUT2D eigenvalue weighted by Crippen LogP contribution is 2.37. The third-order valence-electron chi connectivity index (χ3n) is 3.48. The summed E-state index contributed by atoms with van der Waals surface area (Å²) < 4.78 is 11.3. The molecule has 1 aliphatic rings. The molecule has 0 saturated carbocycles. The molecule has 0 aromatic heterocycles. The predicted octanol–water partition coefficient (Wildman–Crippen LogP) is 3.99. The molecule has 1 aromatic rings. The number of carbonyl (C=O) groups is 1. The predicted molar refractivity (Wildman–Crippen MR) is 73.5 cm³/mol. The number of carbonyl (C=O) groups excluding carboxylic acids is 1. The second-order valence-electron chi connectivity index (χ2n) is 5.27. The number of ether oxygens (including phenoxy) is 2. The zero-order valence-corrected chi connectivity index (χ0v) is 11.7. The molecule has 1 aliphatic heterocycles. The lowest BCUT2D eigenvalue weighted by molar-refractivity contribution is -0.172. The molecule has 1 unspecified atom stereocenters. The lowest BCUT2D eigenvalue weighted by Crippen LogP contribution is -2.25. The van der Waals surface area contributed by atoms with Gasteiger partial charge in [0.25, 0.3) is 0 Å². The van der Waals surface area contributed by atoms with Gasteiger partial charge in [0.05, 0.1) is 0 Å². The first-order valence-corrected chi connectivity index (χ1v) is 7.10. The Morgan fingerprint density at radius 2 is 1.89 bits per heavy atom. The molecule has 104 valence electrons. The smallest absolute Gasteiger partial charge is 0.342 e. The minimum absolute atomic E-state index is 0.274. The van der Waals surface area contributed by atoms with Crippen LogP contribution in [0.15, 0.2) is 30.3 Å². The van der Waals surface area contributed by atoms with Crippen LogP contribution < -0.4 is 0 Å². The number of cyclic esters (lactones) is 1. The normalized spacial score (nSPS) is 26.4. The Balaban J connectivity index is 1.94. The molecule has 2 rings (SSSR count).